The first kappa shape index (κ1) is 23.0. The Morgan fingerprint density at radius 1 is 1.18 bits per heavy atom. The molecular weight excluding hydrogens is 521 g/mol. The summed E-state index contributed by atoms with van der Waals surface area (Å²) in [5.74, 6) is 0.505. The van der Waals surface area contributed by atoms with E-state index in [0.29, 0.717) is 16.3 Å². The minimum Gasteiger partial charge on any atom is -0.437 e. The molecule has 0 radical (unpaired) electrons. The average Bonchev–Trinajstić information content (AvgIpc) is 3.45. The molecule has 0 atom stereocenters. The van der Waals surface area contributed by atoms with Crippen LogP contribution in [-0.4, -0.2) is 57.6 Å². The summed E-state index contributed by atoms with van der Waals surface area (Å²) in [5.41, 5.74) is 1.55. The summed E-state index contributed by atoms with van der Waals surface area (Å²) in [7, 11) is -1.89. The number of nitrogens with zero attached hydrogens (tertiary/aromatic N) is 6. The zero-order valence-corrected chi connectivity index (χ0v) is 20.7. The minimum absolute atomic E-state index is 0.0233. The first-order valence-corrected chi connectivity index (χ1v) is 13.0. The molecule has 0 unspecified atom stereocenters. The lowest BCUT2D eigenvalue weighted by Gasteiger charge is -2.37. The van der Waals surface area contributed by atoms with Crippen LogP contribution in [-0.2, 0) is 10.0 Å². The molecule has 0 amide bonds. The zero-order valence-electron chi connectivity index (χ0n) is 17.6. The van der Waals surface area contributed by atoms with E-state index in [1.807, 2.05) is 10.7 Å². The maximum atomic E-state index is 12.6. The van der Waals surface area contributed by atoms with Gasteiger partial charge in [0.1, 0.15) is 22.0 Å². The highest BCUT2D eigenvalue weighted by Gasteiger charge is 2.28. The van der Waals surface area contributed by atoms with Crippen molar-refractivity contribution in [2.24, 2.45) is 0 Å². The standard InChI is InChI=1S/C20H17Cl2N7O3S2/c1-28-9-13(10-28)29-17(4-5-25-29)15-6-12(21)2-3-18(15)32-19-16(22)7-14(8-23-19)34(30,31)27-20-24-11-26-33-20/h2-8,11,13H,9-10H2,1H3,(H,24,26,27). The van der Waals surface area contributed by atoms with Gasteiger partial charge in [-0.25, -0.2) is 18.4 Å². The van der Waals surface area contributed by atoms with Crippen molar-refractivity contribution in [3.05, 3.63) is 59.1 Å². The van der Waals surface area contributed by atoms with Gasteiger partial charge in [0, 0.05) is 41.4 Å². The second-order valence-electron chi connectivity index (χ2n) is 7.59. The maximum absolute atomic E-state index is 12.6. The Kier molecular flexibility index (Phi) is 6.16. The second-order valence-corrected chi connectivity index (χ2v) is 10.9. The van der Waals surface area contributed by atoms with Crippen LogP contribution in [0.1, 0.15) is 6.04 Å². The third kappa shape index (κ3) is 4.59. The summed E-state index contributed by atoms with van der Waals surface area (Å²) < 4.78 is 39.2. The van der Waals surface area contributed by atoms with E-state index < -0.39 is 10.0 Å². The molecule has 1 N–H and O–H groups in total. The molecule has 0 spiro atoms. The van der Waals surface area contributed by atoms with Crippen LogP contribution in [0.4, 0.5) is 5.13 Å². The molecule has 10 nitrogen and oxygen atoms in total. The highest BCUT2D eigenvalue weighted by atomic mass is 35.5. The van der Waals surface area contributed by atoms with E-state index in [9.17, 15) is 8.42 Å². The fraction of sp³-hybridized carbons (Fsp3) is 0.200. The minimum atomic E-state index is -3.94. The number of pyridine rings is 1. The van der Waals surface area contributed by atoms with Gasteiger partial charge >= 0.3 is 0 Å². The molecule has 0 saturated carbocycles. The number of halogens is 2. The van der Waals surface area contributed by atoms with Crippen LogP contribution in [0.5, 0.6) is 11.6 Å². The van der Waals surface area contributed by atoms with E-state index in [4.69, 9.17) is 27.9 Å². The summed E-state index contributed by atoms with van der Waals surface area (Å²) in [6, 6.07) is 8.58. The Morgan fingerprint density at radius 3 is 2.71 bits per heavy atom. The van der Waals surface area contributed by atoms with Crippen LogP contribution in [0.3, 0.4) is 0 Å². The zero-order chi connectivity index (χ0) is 23.9. The number of rotatable bonds is 7. The first-order valence-electron chi connectivity index (χ1n) is 9.95. The fourth-order valence-electron chi connectivity index (χ4n) is 3.56. The van der Waals surface area contributed by atoms with E-state index >= 15 is 0 Å². The molecule has 1 aliphatic heterocycles. The largest absolute Gasteiger partial charge is 0.437 e. The summed E-state index contributed by atoms with van der Waals surface area (Å²) in [6.45, 7) is 1.78. The predicted octanol–water partition coefficient (Wildman–Crippen LogP) is 4.18. The highest BCUT2D eigenvalue weighted by molar-refractivity contribution is 7.93. The van der Waals surface area contributed by atoms with E-state index in [-0.39, 0.29) is 27.0 Å². The number of nitrogens with one attached hydrogen (secondary N) is 1. The molecule has 1 aromatic carbocycles. The molecule has 1 fully saturated rings. The normalized spacial score (nSPS) is 14.7. The number of likely N-dealkylation sites (N-methyl/N-ethyl adjacent to an activating group) is 1. The van der Waals surface area contributed by atoms with Gasteiger partial charge < -0.3 is 9.64 Å². The fourth-order valence-corrected chi connectivity index (χ4v) is 5.63. The van der Waals surface area contributed by atoms with Gasteiger partial charge in [0.05, 0.1) is 17.9 Å². The van der Waals surface area contributed by atoms with Crippen LogP contribution in [0.25, 0.3) is 11.3 Å². The Morgan fingerprint density at radius 2 is 2.00 bits per heavy atom. The van der Waals surface area contributed by atoms with Gasteiger partial charge in [-0.2, -0.15) is 9.47 Å². The lowest BCUT2D eigenvalue weighted by Crippen LogP contribution is -2.45. The molecule has 34 heavy (non-hydrogen) atoms. The number of likely N-dealkylation sites (tertiary alicyclic amines) is 1. The van der Waals surface area contributed by atoms with Gasteiger partial charge in [0.15, 0.2) is 0 Å². The molecule has 3 aromatic heterocycles. The lowest BCUT2D eigenvalue weighted by molar-refractivity contribution is 0.132. The molecule has 4 heterocycles. The van der Waals surface area contributed by atoms with Crippen molar-refractivity contribution >= 4 is 49.9 Å². The van der Waals surface area contributed by atoms with Gasteiger partial charge in [-0.1, -0.05) is 23.2 Å². The summed E-state index contributed by atoms with van der Waals surface area (Å²) in [5, 5.41) is 5.17. The molecule has 0 bridgehead atoms. The van der Waals surface area contributed by atoms with E-state index in [2.05, 4.69) is 36.1 Å². The Bertz CT molecular complexity index is 1440. The third-order valence-electron chi connectivity index (χ3n) is 5.16. The van der Waals surface area contributed by atoms with Gasteiger partial charge in [-0.15, -0.1) is 0 Å². The quantitative estimate of drug-likeness (QED) is 0.373. The maximum Gasteiger partial charge on any atom is 0.265 e. The van der Waals surface area contributed by atoms with E-state index in [0.717, 1.165) is 36.5 Å². The number of benzene rings is 1. The monoisotopic (exact) mass is 537 g/mol. The smallest absolute Gasteiger partial charge is 0.265 e. The molecule has 14 heteroatoms. The Balaban J connectivity index is 1.44. The Hall–Kier alpha value is -2.77. The van der Waals surface area contributed by atoms with Crippen LogP contribution in [0.2, 0.25) is 10.0 Å². The van der Waals surface area contributed by atoms with Crippen molar-refractivity contribution in [2.45, 2.75) is 10.9 Å². The number of anilines is 1. The second kappa shape index (κ2) is 9.12. The van der Waals surface area contributed by atoms with Gasteiger partial charge in [-0.3, -0.25) is 9.40 Å². The molecular formula is C20H17Cl2N7O3S2. The van der Waals surface area contributed by atoms with Crippen LogP contribution in [0, 0.1) is 0 Å². The molecule has 0 aliphatic carbocycles. The van der Waals surface area contributed by atoms with Gasteiger partial charge in [-0.05, 0) is 37.4 Å². The number of hydrogen-bond acceptors (Lipinski definition) is 9. The topological polar surface area (TPSA) is 115 Å². The first-order chi connectivity index (χ1) is 16.3. The van der Waals surface area contributed by atoms with E-state index in [1.54, 1.807) is 24.4 Å². The summed E-state index contributed by atoms with van der Waals surface area (Å²) in [4.78, 5) is 10.0. The Labute approximate surface area is 209 Å². The van der Waals surface area contributed by atoms with Crippen molar-refractivity contribution in [2.75, 3.05) is 24.9 Å². The highest BCUT2D eigenvalue weighted by Crippen LogP contribution is 2.38. The molecule has 1 saturated heterocycles. The van der Waals surface area contributed by atoms with Crippen LogP contribution < -0.4 is 9.46 Å². The number of aromatic nitrogens is 5. The summed E-state index contributed by atoms with van der Waals surface area (Å²) in [6.07, 6.45) is 4.15. The van der Waals surface area contributed by atoms with Crippen molar-refractivity contribution in [3.63, 3.8) is 0 Å². The average molecular weight is 538 g/mol. The van der Waals surface area contributed by atoms with E-state index in [1.165, 1.54) is 12.4 Å². The molecule has 5 rings (SSSR count). The molecule has 176 valence electrons. The summed E-state index contributed by atoms with van der Waals surface area (Å²) >= 11 is 13.5. The lowest BCUT2D eigenvalue weighted by atomic mass is 10.1. The van der Waals surface area contributed by atoms with Crippen LogP contribution >= 0.6 is 34.7 Å². The van der Waals surface area contributed by atoms with Crippen LogP contribution in [0.15, 0.2) is 53.9 Å². The van der Waals surface area contributed by atoms with Crippen molar-refractivity contribution in [3.8, 4) is 22.9 Å². The number of sulfonamides is 1. The third-order valence-corrected chi connectivity index (χ3v) is 7.68. The SMILES string of the molecule is CN1CC(n2nccc2-c2cc(Cl)ccc2Oc2ncc(S(=O)(=O)Nc3ncns3)cc2Cl)C1. The van der Waals surface area contributed by atoms with Gasteiger partial charge in [0.25, 0.3) is 10.0 Å². The molecule has 1 aliphatic rings. The molecule has 4 aromatic rings. The van der Waals surface area contributed by atoms with Crippen molar-refractivity contribution in [1.29, 1.82) is 0 Å². The van der Waals surface area contributed by atoms with Gasteiger partial charge in [0.2, 0.25) is 11.0 Å². The van der Waals surface area contributed by atoms with Crippen molar-refractivity contribution < 1.29 is 13.2 Å². The van der Waals surface area contributed by atoms with Crippen molar-refractivity contribution in [1.82, 2.24) is 29.0 Å². The predicted molar refractivity (Wildman–Crippen MR) is 129 cm³/mol. The number of ether oxygens (including phenoxy) is 1. The number of hydrogen-bond donors (Lipinski definition) is 1.